The van der Waals surface area contributed by atoms with Gasteiger partial charge in [0.2, 0.25) is 0 Å². The maximum atomic E-state index is 11.9. The Morgan fingerprint density at radius 2 is 1.77 bits per heavy atom. The highest BCUT2D eigenvalue weighted by atomic mass is 35.5. The summed E-state index contributed by atoms with van der Waals surface area (Å²) in [5.41, 5.74) is 0. The van der Waals surface area contributed by atoms with Crippen LogP contribution in [-0.2, 0) is 14.6 Å². The van der Waals surface area contributed by atoms with Crippen molar-refractivity contribution in [1.82, 2.24) is 0 Å². The minimum atomic E-state index is -3.40. The number of hydrogen-bond acceptors (Lipinski definition) is 5. The molecule has 0 saturated heterocycles. The van der Waals surface area contributed by atoms with Gasteiger partial charge in [-0.1, -0.05) is 30.1 Å². The molecule has 0 radical (unpaired) electrons. The van der Waals surface area contributed by atoms with Crippen LogP contribution in [0.5, 0.6) is 17.2 Å². The molecule has 0 amide bonds. The average molecular weight is 419 g/mol. The van der Waals surface area contributed by atoms with E-state index in [1.54, 1.807) is 0 Å². The van der Waals surface area contributed by atoms with Gasteiger partial charge in [0.05, 0.1) is 15.7 Å². The van der Waals surface area contributed by atoms with Crippen molar-refractivity contribution in [2.75, 3.05) is 5.75 Å². The van der Waals surface area contributed by atoms with E-state index in [4.69, 9.17) is 37.8 Å². The van der Waals surface area contributed by atoms with Crippen LogP contribution in [0.25, 0.3) is 0 Å². The van der Waals surface area contributed by atoms with Gasteiger partial charge in [0.15, 0.2) is 27.4 Å². The fourth-order valence-electron chi connectivity index (χ4n) is 1.94. The zero-order valence-electron chi connectivity index (χ0n) is 13.9. The molecule has 26 heavy (non-hydrogen) atoms. The van der Waals surface area contributed by atoms with Gasteiger partial charge in [-0.15, -0.1) is 0 Å². The number of carboxylic acids is 1. The topological polar surface area (TPSA) is 89.9 Å². The Hall–Kier alpha value is -1.96. The van der Waals surface area contributed by atoms with E-state index in [2.05, 4.69) is 0 Å². The Balaban J connectivity index is 2.36. The van der Waals surface area contributed by atoms with Crippen molar-refractivity contribution in [3.63, 3.8) is 0 Å². The van der Waals surface area contributed by atoms with Gasteiger partial charge < -0.3 is 14.6 Å². The summed E-state index contributed by atoms with van der Waals surface area (Å²) in [6.07, 6.45) is -1.11. The molecule has 0 saturated carbocycles. The van der Waals surface area contributed by atoms with Crippen molar-refractivity contribution in [3.05, 3.63) is 46.4 Å². The third-order valence-corrected chi connectivity index (χ3v) is 5.68. The zero-order valence-corrected chi connectivity index (χ0v) is 16.2. The molecule has 1 unspecified atom stereocenters. The third kappa shape index (κ3) is 4.81. The summed E-state index contributed by atoms with van der Waals surface area (Å²) in [5.74, 6) is -0.706. The number of sulfone groups is 1. The molecule has 0 bridgehead atoms. The van der Waals surface area contributed by atoms with E-state index in [1.165, 1.54) is 50.2 Å². The number of hydrogen-bond donors (Lipinski definition) is 1. The number of carboxylic acid groups (broad SMARTS) is 1. The maximum absolute atomic E-state index is 11.9. The fourth-order valence-corrected chi connectivity index (χ4v) is 3.29. The van der Waals surface area contributed by atoms with Crippen molar-refractivity contribution in [3.8, 4) is 17.2 Å². The molecule has 0 aliphatic rings. The van der Waals surface area contributed by atoms with Crippen molar-refractivity contribution in [1.29, 1.82) is 0 Å². The molecule has 140 valence electrons. The van der Waals surface area contributed by atoms with Gasteiger partial charge in [0.1, 0.15) is 5.75 Å². The molecule has 2 aromatic carbocycles. The minimum absolute atomic E-state index is 0.0527. The molecule has 2 aromatic rings. The van der Waals surface area contributed by atoms with Crippen molar-refractivity contribution < 1.29 is 27.8 Å². The van der Waals surface area contributed by atoms with Gasteiger partial charge in [0.25, 0.3) is 0 Å². The summed E-state index contributed by atoms with van der Waals surface area (Å²) in [6.45, 7) is 2.91. The van der Waals surface area contributed by atoms with Gasteiger partial charge in [0, 0.05) is 11.1 Å². The van der Waals surface area contributed by atoms with Crippen molar-refractivity contribution >= 4 is 39.0 Å². The smallest absolute Gasteiger partial charge is 0.344 e. The minimum Gasteiger partial charge on any atom is -0.479 e. The molecule has 0 aliphatic carbocycles. The molecule has 0 fully saturated rings. The first-order valence-electron chi connectivity index (χ1n) is 7.53. The van der Waals surface area contributed by atoms with Crippen molar-refractivity contribution in [2.45, 2.75) is 24.8 Å². The number of ether oxygens (including phenoxy) is 2. The SMILES string of the molecule is CCS(=O)(=O)c1ccc(Oc2cc(Cl)ccc2OC(C)C(=O)O)c(Cl)c1. The lowest BCUT2D eigenvalue weighted by atomic mass is 10.3. The summed E-state index contributed by atoms with van der Waals surface area (Å²) < 4.78 is 34.8. The van der Waals surface area contributed by atoms with E-state index < -0.39 is 21.9 Å². The van der Waals surface area contributed by atoms with Crippen LogP contribution in [0.1, 0.15) is 13.8 Å². The van der Waals surface area contributed by atoms with Crippen LogP contribution >= 0.6 is 23.2 Å². The Morgan fingerprint density at radius 3 is 2.35 bits per heavy atom. The van der Waals surface area contributed by atoms with Gasteiger partial charge in [-0.25, -0.2) is 13.2 Å². The lowest BCUT2D eigenvalue weighted by molar-refractivity contribution is -0.144. The van der Waals surface area contributed by atoms with Crippen molar-refractivity contribution in [2.24, 2.45) is 0 Å². The first-order chi connectivity index (χ1) is 12.1. The van der Waals surface area contributed by atoms with Gasteiger partial charge >= 0.3 is 5.97 Å². The third-order valence-electron chi connectivity index (χ3n) is 3.42. The Labute approximate surface area is 161 Å². The summed E-state index contributed by atoms with van der Waals surface area (Å²) in [4.78, 5) is 11.1. The van der Waals surface area contributed by atoms with E-state index >= 15 is 0 Å². The molecular formula is C17H16Cl2O6S. The summed E-state index contributed by atoms with van der Waals surface area (Å²) in [5, 5.41) is 9.41. The van der Waals surface area contributed by atoms with Gasteiger partial charge in [-0.05, 0) is 37.3 Å². The molecule has 0 spiro atoms. The fraction of sp³-hybridized carbons (Fsp3) is 0.235. The molecule has 1 atom stereocenters. The van der Waals surface area contributed by atoms with Crippen LogP contribution in [0.3, 0.4) is 0 Å². The highest BCUT2D eigenvalue weighted by Crippen LogP contribution is 2.38. The highest BCUT2D eigenvalue weighted by molar-refractivity contribution is 7.91. The van der Waals surface area contributed by atoms with E-state index in [1.807, 2.05) is 0 Å². The molecule has 0 aromatic heterocycles. The lowest BCUT2D eigenvalue weighted by Gasteiger charge is -2.16. The predicted octanol–water partition coefficient (Wildman–Crippen LogP) is 4.43. The number of aliphatic carboxylic acids is 1. The van der Waals surface area contributed by atoms with Crippen LogP contribution in [0.4, 0.5) is 0 Å². The second kappa shape index (κ2) is 8.16. The van der Waals surface area contributed by atoms with Gasteiger partial charge in [-0.3, -0.25) is 0 Å². The Bertz CT molecular complexity index is 927. The molecule has 9 heteroatoms. The lowest BCUT2D eigenvalue weighted by Crippen LogP contribution is -2.23. The monoisotopic (exact) mass is 418 g/mol. The van der Waals surface area contributed by atoms with Crippen LogP contribution in [0.2, 0.25) is 10.0 Å². The highest BCUT2D eigenvalue weighted by Gasteiger charge is 2.18. The standard InChI is InChI=1S/C17H16Cl2O6S/c1-3-26(22,23)12-5-7-14(13(19)9-12)25-16-8-11(18)4-6-15(16)24-10(2)17(20)21/h4-10H,3H2,1-2H3,(H,20,21). The van der Waals surface area contributed by atoms with Crippen LogP contribution in [0.15, 0.2) is 41.3 Å². The largest absolute Gasteiger partial charge is 0.479 e. The normalized spacial score (nSPS) is 12.5. The van der Waals surface area contributed by atoms with E-state index in [-0.39, 0.29) is 32.9 Å². The molecular weight excluding hydrogens is 403 g/mol. The van der Waals surface area contributed by atoms with E-state index in [0.29, 0.717) is 5.02 Å². The maximum Gasteiger partial charge on any atom is 0.344 e. The van der Waals surface area contributed by atoms with E-state index in [0.717, 1.165) is 0 Å². The molecule has 1 N–H and O–H groups in total. The number of benzene rings is 2. The first kappa shape index (κ1) is 20.4. The van der Waals surface area contributed by atoms with E-state index in [9.17, 15) is 13.2 Å². The number of halogens is 2. The second-order valence-corrected chi connectivity index (χ2v) is 8.41. The average Bonchev–Trinajstić information content (AvgIpc) is 2.58. The predicted molar refractivity (Wildman–Crippen MR) is 98.4 cm³/mol. The molecule has 6 nitrogen and oxygen atoms in total. The summed E-state index contributed by atoms with van der Waals surface area (Å²) in [6, 6.07) is 8.53. The van der Waals surface area contributed by atoms with Crippen LogP contribution in [0, 0.1) is 0 Å². The van der Waals surface area contributed by atoms with Crippen LogP contribution < -0.4 is 9.47 Å². The second-order valence-electron chi connectivity index (χ2n) is 5.29. The number of rotatable bonds is 7. The van der Waals surface area contributed by atoms with Gasteiger partial charge in [-0.2, -0.15) is 0 Å². The zero-order chi connectivity index (χ0) is 19.5. The van der Waals surface area contributed by atoms with Crippen LogP contribution in [-0.4, -0.2) is 31.4 Å². The Kier molecular flexibility index (Phi) is 6.39. The summed E-state index contributed by atoms with van der Waals surface area (Å²) >= 11 is 12.1. The summed E-state index contributed by atoms with van der Waals surface area (Å²) in [7, 11) is -3.40. The Morgan fingerprint density at radius 1 is 1.12 bits per heavy atom. The number of carbonyl (C=O) groups is 1. The molecule has 2 rings (SSSR count). The quantitative estimate of drug-likeness (QED) is 0.714. The first-order valence-corrected chi connectivity index (χ1v) is 9.94. The molecule has 0 aliphatic heterocycles. The molecule has 0 heterocycles.